The van der Waals surface area contributed by atoms with Crippen LogP contribution < -0.4 is 5.32 Å². The van der Waals surface area contributed by atoms with Crippen molar-refractivity contribution in [3.8, 4) is 0 Å². The molecule has 0 saturated heterocycles. The van der Waals surface area contributed by atoms with Crippen molar-refractivity contribution in [1.82, 2.24) is 5.32 Å². The molecule has 1 fully saturated rings. The van der Waals surface area contributed by atoms with E-state index in [-0.39, 0.29) is 5.91 Å². The number of rotatable bonds is 6. The summed E-state index contributed by atoms with van der Waals surface area (Å²) in [4.78, 5) is 24.0. The number of esters is 1. The second-order valence-corrected chi connectivity index (χ2v) is 6.07. The minimum Gasteiger partial charge on any atom is -0.465 e. The molecule has 0 aliphatic heterocycles. The summed E-state index contributed by atoms with van der Waals surface area (Å²) in [6.07, 6.45) is 3.57. The Morgan fingerprint density at radius 2 is 1.94 bits per heavy atom. The van der Waals surface area contributed by atoms with Crippen molar-refractivity contribution in [2.75, 3.05) is 13.2 Å². The van der Waals surface area contributed by atoms with Crippen LogP contribution >= 0.6 is 0 Å². The number of amides is 1. The molecule has 1 N–H and O–H groups in total. The van der Waals surface area contributed by atoms with Crippen LogP contribution in [0.5, 0.6) is 0 Å². The fraction of sp³-hybridized carbons (Fsp3) is 0.857. The molecule has 4 nitrogen and oxygen atoms in total. The van der Waals surface area contributed by atoms with Crippen molar-refractivity contribution in [3.05, 3.63) is 0 Å². The lowest BCUT2D eigenvalue weighted by atomic mass is 9.80. The van der Waals surface area contributed by atoms with Crippen LogP contribution in [-0.4, -0.2) is 25.0 Å². The number of carbonyl (C=O) groups is 2. The molecule has 0 heterocycles. The number of carbonyl (C=O) groups excluding carboxylic acids is 2. The predicted molar refractivity (Wildman–Crippen MR) is 69.9 cm³/mol. The number of ether oxygens (including phenoxy) is 1. The van der Waals surface area contributed by atoms with Crippen molar-refractivity contribution < 1.29 is 14.3 Å². The molecule has 104 valence electrons. The van der Waals surface area contributed by atoms with E-state index in [0.29, 0.717) is 13.2 Å². The maximum absolute atomic E-state index is 12.1. The average Bonchev–Trinajstić information content (AvgIpc) is 2.99. The van der Waals surface area contributed by atoms with Crippen LogP contribution in [0.25, 0.3) is 0 Å². The minimum absolute atomic E-state index is 0.207. The molecule has 1 aliphatic carbocycles. The van der Waals surface area contributed by atoms with Crippen LogP contribution in [0.4, 0.5) is 0 Å². The topological polar surface area (TPSA) is 55.4 Å². The Bertz CT molecular complexity index is 303. The Morgan fingerprint density at radius 1 is 1.33 bits per heavy atom. The molecule has 1 aliphatic rings. The summed E-state index contributed by atoms with van der Waals surface area (Å²) in [6.45, 7) is 8.37. The third kappa shape index (κ3) is 4.67. The minimum atomic E-state index is -0.725. The molecular weight excluding hydrogens is 230 g/mol. The van der Waals surface area contributed by atoms with Gasteiger partial charge in [0.2, 0.25) is 5.91 Å². The van der Waals surface area contributed by atoms with Crippen LogP contribution in [-0.2, 0) is 14.3 Å². The highest BCUT2D eigenvalue weighted by atomic mass is 16.5. The third-order valence-corrected chi connectivity index (χ3v) is 3.20. The smallest absolute Gasteiger partial charge is 0.319 e. The molecule has 0 radical (unpaired) electrons. The number of nitrogens with one attached hydrogen (secondary N) is 1. The highest BCUT2D eigenvalue weighted by Gasteiger charge is 2.38. The van der Waals surface area contributed by atoms with Crippen LogP contribution in [0.2, 0.25) is 0 Å². The molecule has 1 unspecified atom stereocenters. The molecule has 4 heteroatoms. The molecule has 1 amide bonds. The van der Waals surface area contributed by atoms with E-state index in [1.165, 1.54) is 12.8 Å². The van der Waals surface area contributed by atoms with Crippen LogP contribution in [0.3, 0.4) is 0 Å². The standard InChI is InChI=1S/C14H25NO3/c1-5-18-13(17)11(14(2,3)4)12(16)15-9-8-10-6-7-10/h10-11H,5-9H2,1-4H3,(H,15,16). The summed E-state index contributed by atoms with van der Waals surface area (Å²) in [5.41, 5.74) is -0.421. The van der Waals surface area contributed by atoms with Crippen molar-refractivity contribution in [2.45, 2.75) is 47.0 Å². The normalized spacial score (nSPS) is 17.1. The van der Waals surface area contributed by atoms with E-state index < -0.39 is 17.3 Å². The van der Waals surface area contributed by atoms with E-state index in [1.54, 1.807) is 6.92 Å². The van der Waals surface area contributed by atoms with Crippen molar-refractivity contribution in [1.29, 1.82) is 0 Å². The van der Waals surface area contributed by atoms with Crippen molar-refractivity contribution in [2.24, 2.45) is 17.3 Å². The van der Waals surface area contributed by atoms with Crippen molar-refractivity contribution in [3.63, 3.8) is 0 Å². The summed E-state index contributed by atoms with van der Waals surface area (Å²) < 4.78 is 4.99. The maximum atomic E-state index is 12.1. The Morgan fingerprint density at radius 3 is 2.39 bits per heavy atom. The van der Waals surface area contributed by atoms with Gasteiger partial charge >= 0.3 is 5.97 Å². The van der Waals surface area contributed by atoms with E-state index in [0.717, 1.165) is 12.3 Å². The van der Waals surface area contributed by atoms with Gasteiger partial charge in [-0.05, 0) is 24.7 Å². The molecule has 1 rings (SSSR count). The molecule has 1 saturated carbocycles. The lowest BCUT2D eigenvalue weighted by Crippen LogP contribution is -2.43. The fourth-order valence-electron chi connectivity index (χ4n) is 1.99. The van der Waals surface area contributed by atoms with Gasteiger partial charge in [0.05, 0.1) is 6.61 Å². The van der Waals surface area contributed by atoms with Gasteiger partial charge in [0.15, 0.2) is 0 Å². The first-order valence-corrected chi connectivity index (χ1v) is 6.80. The Labute approximate surface area is 109 Å². The predicted octanol–water partition coefficient (Wildman–Crippen LogP) is 2.13. The Kier molecular flexibility index (Phi) is 5.17. The first kappa shape index (κ1) is 15.0. The molecule has 0 aromatic carbocycles. The van der Waals surface area contributed by atoms with Gasteiger partial charge in [0.25, 0.3) is 0 Å². The average molecular weight is 255 g/mol. The quantitative estimate of drug-likeness (QED) is 0.584. The highest BCUT2D eigenvalue weighted by molar-refractivity contribution is 5.98. The number of hydrogen-bond acceptors (Lipinski definition) is 3. The van der Waals surface area contributed by atoms with E-state index >= 15 is 0 Å². The van der Waals surface area contributed by atoms with Gasteiger partial charge in [-0.1, -0.05) is 33.6 Å². The summed E-state index contributed by atoms with van der Waals surface area (Å²) in [7, 11) is 0. The van der Waals surface area contributed by atoms with E-state index in [1.807, 2.05) is 20.8 Å². The second-order valence-electron chi connectivity index (χ2n) is 6.07. The third-order valence-electron chi connectivity index (χ3n) is 3.20. The zero-order valence-electron chi connectivity index (χ0n) is 11.9. The molecular formula is C14H25NO3. The van der Waals surface area contributed by atoms with E-state index in [9.17, 15) is 9.59 Å². The molecule has 18 heavy (non-hydrogen) atoms. The summed E-state index contributed by atoms with van der Waals surface area (Å²) in [6, 6.07) is 0. The summed E-state index contributed by atoms with van der Waals surface area (Å²) in [5, 5.41) is 2.86. The van der Waals surface area contributed by atoms with Gasteiger partial charge in [-0.25, -0.2) is 0 Å². The highest BCUT2D eigenvalue weighted by Crippen LogP contribution is 2.32. The second kappa shape index (κ2) is 6.21. The Hall–Kier alpha value is -1.06. The van der Waals surface area contributed by atoms with Crippen molar-refractivity contribution >= 4 is 11.9 Å². The van der Waals surface area contributed by atoms with E-state index in [2.05, 4.69) is 5.32 Å². The zero-order valence-corrected chi connectivity index (χ0v) is 11.9. The molecule has 0 aromatic rings. The monoisotopic (exact) mass is 255 g/mol. The summed E-state index contributed by atoms with van der Waals surface area (Å²) >= 11 is 0. The van der Waals surface area contributed by atoms with Crippen LogP contribution in [0, 0.1) is 17.3 Å². The van der Waals surface area contributed by atoms with E-state index in [4.69, 9.17) is 4.74 Å². The molecule has 0 spiro atoms. The van der Waals surface area contributed by atoms with Crippen LogP contribution in [0.1, 0.15) is 47.0 Å². The van der Waals surface area contributed by atoms with Crippen LogP contribution in [0.15, 0.2) is 0 Å². The molecule has 1 atom stereocenters. The SMILES string of the molecule is CCOC(=O)C(C(=O)NCCC1CC1)C(C)(C)C. The van der Waals surface area contributed by atoms with Gasteiger partial charge in [0, 0.05) is 6.54 Å². The molecule has 0 aromatic heterocycles. The van der Waals surface area contributed by atoms with Gasteiger partial charge in [-0.15, -0.1) is 0 Å². The zero-order chi connectivity index (χ0) is 13.8. The maximum Gasteiger partial charge on any atom is 0.319 e. The number of hydrogen-bond donors (Lipinski definition) is 1. The lowest BCUT2D eigenvalue weighted by Gasteiger charge is -2.27. The van der Waals surface area contributed by atoms with Gasteiger partial charge < -0.3 is 10.1 Å². The largest absolute Gasteiger partial charge is 0.465 e. The first-order valence-electron chi connectivity index (χ1n) is 6.80. The van der Waals surface area contributed by atoms with Gasteiger partial charge in [-0.3, -0.25) is 9.59 Å². The fourth-order valence-corrected chi connectivity index (χ4v) is 1.99. The Balaban J connectivity index is 2.51. The molecule has 0 bridgehead atoms. The van der Waals surface area contributed by atoms with Gasteiger partial charge in [0.1, 0.15) is 5.92 Å². The first-order chi connectivity index (χ1) is 8.36. The van der Waals surface area contributed by atoms with Gasteiger partial charge in [-0.2, -0.15) is 0 Å². The summed E-state index contributed by atoms with van der Waals surface area (Å²) in [5.74, 6) is -0.576. The lowest BCUT2D eigenvalue weighted by molar-refractivity contribution is -0.156.